The molecule has 1 amide bonds. The van der Waals surface area contributed by atoms with Gasteiger partial charge in [0, 0.05) is 19.2 Å². The van der Waals surface area contributed by atoms with Gasteiger partial charge in [0.2, 0.25) is 5.88 Å². The maximum atomic E-state index is 12.0. The molecule has 134 valence electrons. The van der Waals surface area contributed by atoms with E-state index in [-0.39, 0.29) is 5.91 Å². The predicted octanol–water partition coefficient (Wildman–Crippen LogP) is 0.590. The summed E-state index contributed by atoms with van der Waals surface area (Å²) >= 11 is 1.08. The van der Waals surface area contributed by atoms with E-state index in [1.807, 2.05) is 13.0 Å². The lowest BCUT2D eigenvalue weighted by Gasteiger charge is -2.28. The molecule has 0 bridgehead atoms. The highest BCUT2D eigenvalue weighted by atomic mass is 32.1. The molecular formula is C15H20N6O3S. The van der Waals surface area contributed by atoms with Gasteiger partial charge in [-0.1, -0.05) is 4.49 Å². The van der Waals surface area contributed by atoms with Gasteiger partial charge in [-0.25, -0.2) is 4.98 Å². The molecule has 10 heteroatoms. The Morgan fingerprint density at radius 2 is 2.16 bits per heavy atom. The van der Waals surface area contributed by atoms with E-state index in [0.29, 0.717) is 48.6 Å². The van der Waals surface area contributed by atoms with Crippen LogP contribution in [0.4, 0.5) is 5.82 Å². The number of aryl methyl sites for hydroxylation is 2. The number of ether oxygens (including phenoxy) is 2. The molecule has 2 aromatic heterocycles. The summed E-state index contributed by atoms with van der Waals surface area (Å²) in [6, 6.07) is 1.82. The van der Waals surface area contributed by atoms with Gasteiger partial charge < -0.3 is 19.7 Å². The Bertz CT molecular complexity index is 732. The molecule has 0 aromatic carbocycles. The van der Waals surface area contributed by atoms with E-state index in [2.05, 4.69) is 29.8 Å². The first-order valence-corrected chi connectivity index (χ1v) is 8.79. The van der Waals surface area contributed by atoms with Crippen LogP contribution in [0.3, 0.4) is 0 Å². The van der Waals surface area contributed by atoms with Crippen LogP contribution in [0.5, 0.6) is 5.88 Å². The highest BCUT2D eigenvalue weighted by molar-refractivity contribution is 7.07. The van der Waals surface area contributed by atoms with Crippen molar-refractivity contribution in [3.8, 4) is 5.88 Å². The zero-order valence-electron chi connectivity index (χ0n) is 14.2. The third-order valence-electron chi connectivity index (χ3n) is 3.63. The molecule has 25 heavy (non-hydrogen) atoms. The average Bonchev–Trinajstić information content (AvgIpc) is 3.05. The van der Waals surface area contributed by atoms with Crippen molar-refractivity contribution in [3.63, 3.8) is 0 Å². The van der Waals surface area contributed by atoms with Gasteiger partial charge in [-0.15, -0.1) is 5.10 Å². The molecule has 3 rings (SSSR count). The number of morpholine rings is 1. The van der Waals surface area contributed by atoms with Gasteiger partial charge in [0.05, 0.1) is 25.5 Å². The molecule has 0 unspecified atom stereocenters. The number of rotatable bonds is 6. The van der Waals surface area contributed by atoms with Crippen LogP contribution >= 0.6 is 11.5 Å². The van der Waals surface area contributed by atoms with E-state index in [1.54, 1.807) is 6.92 Å². The molecule has 9 nitrogen and oxygen atoms in total. The summed E-state index contributed by atoms with van der Waals surface area (Å²) in [5.41, 5.74) is 0.630. The minimum atomic E-state index is -0.191. The van der Waals surface area contributed by atoms with Crippen molar-refractivity contribution in [2.75, 3.05) is 44.4 Å². The Labute approximate surface area is 149 Å². The molecule has 1 fully saturated rings. The molecule has 1 aliphatic heterocycles. The summed E-state index contributed by atoms with van der Waals surface area (Å²) in [7, 11) is 0. The minimum Gasteiger partial charge on any atom is -0.476 e. The van der Waals surface area contributed by atoms with E-state index >= 15 is 0 Å². The molecule has 0 saturated carbocycles. The first kappa shape index (κ1) is 17.5. The summed E-state index contributed by atoms with van der Waals surface area (Å²) < 4.78 is 14.8. The van der Waals surface area contributed by atoms with Gasteiger partial charge in [-0.3, -0.25) is 4.79 Å². The third kappa shape index (κ3) is 4.60. The predicted molar refractivity (Wildman–Crippen MR) is 92.3 cm³/mol. The largest absolute Gasteiger partial charge is 0.476 e. The van der Waals surface area contributed by atoms with Gasteiger partial charge in [-0.2, -0.15) is 4.98 Å². The average molecular weight is 364 g/mol. The Kier molecular flexibility index (Phi) is 5.71. The van der Waals surface area contributed by atoms with E-state index in [0.717, 1.165) is 30.4 Å². The van der Waals surface area contributed by atoms with Crippen molar-refractivity contribution in [1.82, 2.24) is 24.9 Å². The lowest BCUT2D eigenvalue weighted by molar-refractivity contribution is 0.0950. The van der Waals surface area contributed by atoms with Crippen molar-refractivity contribution >= 4 is 23.3 Å². The van der Waals surface area contributed by atoms with Crippen LogP contribution in [0.2, 0.25) is 0 Å². The number of aromatic nitrogens is 4. The van der Waals surface area contributed by atoms with Gasteiger partial charge in [-0.05, 0) is 25.4 Å². The summed E-state index contributed by atoms with van der Waals surface area (Å²) in [4.78, 5) is 23.4. The van der Waals surface area contributed by atoms with Crippen LogP contribution in [0.25, 0.3) is 0 Å². The number of carbonyl (C=O) groups excluding carboxylic acids is 1. The highest BCUT2D eigenvalue weighted by Gasteiger charge is 2.15. The Morgan fingerprint density at radius 1 is 1.36 bits per heavy atom. The zero-order valence-corrected chi connectivity index (χ0v) is 15.0. The number of amides is 1. The molecule has 0 radical (unpaired) electrons. The number of nitrogens with zero attached hydrogens (tertiary/aromatic N) is 5. The zero-order chi connectivity index (χ0) is 17.6. The second-order valence-electron chi connectivity index (χ2n) is 5.50. The van der Waals surface area contributed by atoms with Crippen molar-refractivity contribution in [2.45, 2.75) is 13.8 Å². The monoisotopic (exact) mass is 364 g/mol. The molecule has 0 atom stereocenters. The summed E-state index contributed by atoms with van der Waals surface area (Å²) in [5, 5.41) is 6.61. The van der Waals surface area contributed by atoms with Gasteiger partial charge in [0.15, 0.2) is 0 Å². The van der Waals surface area contributed by atoms with Gasteiger partial charge in [0.1, 0.15) is 23.1 Å². The summed E-state index contributed by atoms with van der Waals surface area (Å²) in [6.07, 6.45) is 0. The van der Waals surface area contributed by atoms with E-state index in [9.17, 15) is 4.79 Å². The van der Waals surface area contributed by atoms with Crippen LogP contribution in [-0.4, -0.2) is 64.9 Å². The Balaban J connectivity index is 1.52. The fourth-order valence-corrected chi connectivity index (χ4v) is 2.97. The van der Waals surface area contributed by atoms with E-state index < -0.39 is 0 Å². The summed E-state index contributed by atoms with van der Waals surface area (Å²) in [6.45, 7) is 7.25. The molecule has 1 aliphatic rings. The minimum absolute atomic E-state index is 0.191. The van der Waals surface area contributed by atoms with Crippen LogP contribution < -0.4 is 15.0 Å². The van der Waals surface area contributed by atoms with Crippen LogP contribution in [0.15, 0.2) is 6.07 Å². The quantitative estimate of drug-likeness (QED) is 0.743. The van der Waals surface area contributed by atoms with Crippen molar-refractivity contribution in [3.05, 3.63) is 22.5 Å². The smallest absolute Gasteiger partial charge is 0.265 e. The fraction of sp³-hybridized carbons (Fsp3) is 0.533. The first-order valence-electron chi connectivity index (χ1n) is 8.02. The molecule has 2 aromatic rings. The number of anilines is 1. The second kappa shape index (κ2) is 8.17. The number of hydrogen-bond donors (Lipinski definition) is 1. The SMILES string of the molecule is Cc1nc(OCCNC(=O)c2snnc2C)cc(N2CCOCC2)n1. The second-order valence-corrected chi connectivity index (χ2v) is 6.26. The lowest BCUT2D eigenvalue weighted by Crippen LogP contribution is -2.37. The third-order valence-corrected chi connectivity index (χ3v) is 4.46. The molecule has 1 N–H and O–H groups in total. The maximum Gasteiger partial charge on any atom is 0.265 e. The van der Waals surface area contributed by atoms with Crippen molar-refractivity contribution in [1.29, 1.82) is 0 Å². The van der Waals surface area contributed by atoms with E-state index in [4.69, 9.17) is 9.47 Å². The van der Waals surface area contributed by atoms with Crippen LogP contribution in [0, 0.1) is 13.8 Å². The molecular weight excluding hydrogens is 344 g/mol. The van der Waals surface area contributed by atoms with Crippen molar-refractivity contribution < 1.29 is 14.3 Å². The normalized spacial score (nSPS) is 14.4. The number of hydrogen-bond acceptors (Lipinski definition) is 9. The molecule has 0 aliphatic carbocycles. The van der Waals surface area contributed by atoms with E-state index in [1.165, 1.54) is 0 Å². The number of carbonyl (C=O) groups is 1. The van der Waals surface area contributed by atoms with Crippen LogP contribution in [-0.2, 0) is 4.74 Å². The molecule has 1 saturated heterocycles. The van der Waals surface area contributed by atoms with Gasteiger partial charge >= 0.3 is 0 Å². The highest BCUT2D eigenvalue weighted by Crippen LogP contribution is 2.18. The molecule has 0 spiro atoms. The molecule has 3 heterocycles. The maximum absolute atomic E-state index is 12.0. The first-order chi connectivity index (χ1) is 12.1. The van der Waals surface area contributed by atoms with Gasteiger partial charge in [0.25, 0.3) is 5.91 Å². The lowest BCUT2D eigenvalue weighted by atomic mass is 10.4. The summed E-state index contributed by atoms with van der Waals surface area (Å²) in [5.74, 6) is 1.79. The van der Waals surface area contributed by atoms with Crippen LogP contribution in [0.1, 0.15) is 21.2 Å². The number of nitrogens with one attached hydrogen (secondary N) is 1. The topological polar surface area (TPSA) is 102 Å². The van der Waals surface area contributed by atoms with Crippen molar-refractivity contribution in [2.24, 2.45) is 0 Å². The Hall–Kier alpha value is -2.33. The fourth-order valence-electron chi connectivity index (χ4n) is 2.39. The standard InChI is InChI=1S/C15H20N6O3S/c1-10-14(25-20-19-10)15(22)16-3-6-24-13-9-12(17-11(2)18-13)21-4-7-23-8-5-21/h9H,3-8H2,1-2H3,(H,16,22). The Morgan fingerprint density at radius 3 is 2.88 bits per heavy atom.